The summed E-state index contributed by atoms with van der Waals surface area (Å²) in [5.74, 6) is 1.28. The standard InChI is InChI=1S/C10H16N4/c11-9-4-1-3-8(9)7-14-10-12-5-2-6-13-10/h2,5-6,8-9H,1,3-4,7,11H2,(H,12,13,14). The van der Waals surface area contributed by atoms with Crippen LogP contribution in [0.25, 0.3) is 0 Å². The average Bonchev–Trinajstić information content (AvgIpc) is 2.63. The van der Waals surface area contributed by atoms with E-state index in [0.717, 1.165) is 13.0 Å². The summed E-state index contributed by atoms with van der Waals surface area (Å²) in [7, 11) is 0. The van der Waals surface area contributed by atoms with E-state index in [1.165, 1.54) is 12.8 Å². The molecule has 0 aromatic carbocycles. The fraction of sp³-hybridized carbons (Fsp3) is 0.600. The second kappa shape index (κ2) is 4.37. The lowest BCUT2D eigenvalue weighted by atomic mass is 10.1. The van der Waals surface area contributed by atoms with Crippen molar-refractivity contribution in [2.45, 2.75) is 25.3 Å². The molecule has 0 bridgehead atoms. The van der Waals surface area contributed by atoms with E-state index < -0.39 is 0 Å². The first-order valence-electron chi connectivity index (χ1n) is 5.13. The van der Waals surface area contributed by atoms with Crippen LogP contribution < -0.4 is 11.1 Å². The van der Waals surface area contributed by atoms with Crippen molar-refractivity contribution in [2.24, 2.45) is 11.7 Å². The summed E-state index contributed by atoms with van der Waals surface area (Å²) in [5, 5.41) is 3.21. The summed E-state index contributed by atoms with van der Waals surface area (Å²) in [6, 6.07) is 2.16. The normalized spacial score (nSPS) is 26.4. The fourth-order valence-corrected chi connectivity index (χ4v) is 1.93. The van der Waals surface area contributed by atoms with Crippen LogP contribution in [-0.4, -0.2) is 22.6 Å². The van der Waals surface area contributed by atoms with Crippen LogP contribution >= 0.6 is 0 Å². The van der Waals surface area contributed by atoms with Crippen LogP contribution in [0.5, 0.6) is 0 Å². The maximum atomic E-state index is 5.96. The van der Waals surface area contributed by atoms with Gasteiger partial charge in [0, 0.05) is 25.0 Å². The van der Waals surface area contributed by atoms with Gasteiger partial charge in [-0.3, -0.25) is 0 Å². The summed E-state index contributed by atoms with van der Waals surface area (Å²) >= 11 is 0. The molecule has 2 unspecified atom stereocenters. The lowest BCUT2D eigenvalue weighted by Gasteiger charge is -2.15. The third kappa shape index (κ3) is 2.20. The second-order valence-corrected chi connectivity index (χ2v) is 3.81. The third-order valence-electron chi connectivity index (χ3n) is 2.81. The zero-order chi connectivity index (χ0) is 9.80. The highest BCUT2D eigenvalue weighted by molar-refractivity contribution is 5.22. The minimum absolute atomic E-state index is 0.353. The summed E-state index contributed by atoms with van der Waals surface area (Å²) < 4.78 is 0. The zero-order valence-corrected chi connectivity index (χ0v) is 8.19. The molecule has 1 aliphatic rings. The van der Waals surface area contributed by atoms with E-state index in [2.05, 4.69) is 15.3 Å². The molecule has 1 heterocycles. The van der Waals surface area contributed by atoms with Crippen LogP contribution in [0, 0.1) is 5.92 Å². The lowest BCUT2D eigenvalue weighted by Crippen LogP contribution is -2.29. The van der Waals surface area contributed by atoms with Gasteiger partial charge in [0.1, 0.15) is 0 Å². The largest absolute Gasteiger partial charge is 0.354 e. The monoisotopic (exact) mass is 192 g/mol. The highest BCUT2D eigenvalue weighted by Gasteiger charge is 2.23. The number of nitrogens with one attached hydrogen (secondary N) is 1. The predicted octanol–water partition coefficient (Wildman–Crippen LogP) is 1.02. The summed E-state index contributed by atoms with van der Waals surface area (Å²) in [4.78, 5) is 8.20. The molecule has 0 aliphatic heterocycles. The Morgan fingerprint density at radius 3 is 2.79 bits per heavy atom. The average molecular weight is 192 g/mol. The quantitative estimate of drug-likeness (QED) is 0.750. The van der Waals surface area contributed by atoms with E-state index in [0.29, 0.717) is 17.9 Å². The van der Waals surface area contributed by atoms with Crippen molar-refractivity contribution in [1.82, 2.24) is 9.97 Å². The molecule has 1 fully saturated rings. The maximum absolute atomic E-state index is 5.96. The van der Waals surface area contributed by atoms with Gasteiger partial charge in [-0.05, 0) is 24.8 Å². The van der Waals surface area contributed by atoms with Gasteiger partial charge < -0.3 is 11.1 Å². The van der Waals surface area contributed by atoms with Crippen LogP contribution in [0.4, 0.5) is 5.95 Å². The van der Waals surface area contributed by atoms with Crippen molar-refractivity contribution >= 4 is 5.95 Å². The maximum Gasteiger partial charge on any atom is 0.222 e. The van der Waals surface area contributed by atoms with Crippen molar-refractivity contribution in [3.8, 4) is 0 Å². The topological polar surface area (TPSA) is 63.8 Å². The minimum atomic E-state index is 0.353. The molecule has 4 nitrogen and oxygen atoms in total. The number of nitrogens with zero attached hydrogens (tertiary/aromatic N) is 2. The number of anilines is 1. The second-order valence-electron chi connectivity index (χ2n) is 3.81. The number of nitrogens with two attached hydrogens (primary N) is 1. The zero-order valence-electron chi connectivity index (χ0n) is 8.19. The molecule has 1 aromatic rings. The Morgan fingerprint density at radius 2 is 2.14 bits per heavy atom. The molecule has 3 N–H and O–H groups in total. The molecule has 1 saturated carbocycles. The molecule has 4 heteroatoms. The van der Waals surface area contributed by atoms with Gasteiger partial charge in [-0.25, -0.2) is 9.97 Å². The van der Waals surface area contributed by atoms with Crippen LogP contribution in [0.3, 0.4) is 0 Å². The van der Waals surface area contributed by atoms with Crippen LogP contribution in [0.1, 0.15) is 19.3 Å². The van der Waals surface area contributed by atoms with Gasteiger partial charge in [0.05, 0.1) is 0 Å². The van der Waals surface area contributed by atoms with Gasteiger partial charge in [-0.15, -0.1) is 0 Å². The Morgan fingerprint density at radius 1 is 1.36 bits per heavy atom. The highest BCUT2D eigenvalue weighted by atomic mass is 15.1. The van der Waals surface area contributed by atoms with E-state index in [1.54, 1.807) is 12.4 Å². The highest BCUT2D eigenvalue weighted by Crippen LogP contribution is 2.23. The molecule has 0 radical (unpaired) electrons. The first kappa shape index (κ1) is 9.40. The molecule has 14 heavy (non-hydrogen) atoms. The van der Waals surface area contributed by atoms with Gasteiger partial charge in [0.2, 0.25) is 5.95 Å². The summed E-state index contributed by atoms with van der Waals surface area (Å²) in [6.07, 6.45) is 7.11. The van der Waals surface area contributed by atoms with E-state index >= 15 is 0 Å². The molecule has 0 amide bonds. The van der Waals surface area contributed by atoms with Gasteiger partial charge in [0.15, 0.2) is 0 Å². The Balaban J connectivity index is 1.82. The molecule has 0 spiro atoms. The molecule has 0 saturated heterocycles. The van der Waals surface area contributed by atoms with E-state index in [-0.39, 0.29) is 0 Å². The Bertz CT molecular complexity index is 275. The van der Waals surface area contributed by atoms with Crippen molar-refractivity contribution in [3.05, 3.63) is 18.5 Å². The molecule has 2 atom stereocenters. The van der Waals surface area contributed by atoms with E-state index in [1.807, 2.05) is 6.07 Å². The SMILES string of the molecule is NC1CCCC1CNc1ncccn1. The molecular formula is C10H16N4. The minimum Gasteiger partial charge on any atom is -0.354 e. The Hall–Kier alpha value is -1.16. The number of rotatable bonds is 3. The summed E-state index contributed by atoms with van der Waals surface area (Å²) in [5.41, 5.74) is 5.96. The molecule has 2 rings (SSSR count). The van der Waals surface area contributed by atoms with Crippen molar-refractivity contribution in [1.29, 1.82) is 0 Å². The van der Waals surface area contributed by atoms with Crippen LogP contribution in [0.2, 0.25) is 0 Å². The predicted molar refractivity (Wildman–Crippen MR) is 55.8 cm³/mol. The fourth-order valence-electron chi connectivity index (χ4n) is 1.93. The molecule has 1 aromatic heterocycles. The number of hydrogen-bond donors (Lipinski definition) is 2. The first-order chi connectivity index (χ1) is 6.86. The molecular weight excluding hydrogens is 176 g/mol. The molecule has 1 aliphatic carbocycles. The van der Waals surface area contributed by atoms with Crippen molar-refractivity contribution in [3.63, 3.8) is 0 Å². The summed E-state index contributed by atoms with van der Waals surface area (Å²) in [6.45, 7) is 0.894. The van der Waals surface area contributed by atoms with Gasteiger partial charge in [-0.1, -0.05) is 6.42 Å². The van der Waals surface area contributed by atoms with Gasteiger partial charge in [0.25, 0.3) is 0 Å². The van der Waals surface area contributed by atoms with E-state index in [4.69, 9.17) is 5.73 Å². The van der Waals surface area contributed by atoms with Gasteiger partial charge >= 0.3 is 0 Å². The molecule has 76 valence electrons. The third-order valence-corrected chi connectivity index (χ3v) is 2.81. The number of aromatic nitrogens is 2. The Kier molecular flexibility index (Phi) is 2.93. The Labute approximate surface area is 83.9 Å². The van der Waals surface area contributed by atoms with Crippen molar-refractivity contribution in [2.75, 3.05) is 11.9 Å². The number of hydrogen-bond acceptors (Lipinski definition) is 4. The van der Waals surface area contributed by atoms with E-state index in [9.17, 15) is 0 Å². The smallest absolute Gasteiger partial charge is 0.222 e. The van der Waals surface area contributed by atoms with Crippen molar-refractivity contribution < 1.29 is 0 Å². The van der Waals surface area contributed by atoms with Gasteiger partial charge in [-0.2, -0.15) is 0 Å². The van der Waals surface area contributed by atoms with Crippen LogP contribution in [0.15, 0.2) is 18.5 Å². The first-order valence-corrected chi connectivity index (χ1v) is 5.13. The lowest BCUT2D eigenvalue weighted by molar-refractivity contribution is 0.504. The van der Waals surface area contributed by atoms with Crippen LogP contribution in [-0.2, 0) is 0 Å².